The molecule has 0 atom stereocenters. The average Bonchev–Trinajstić information content (AvgIpc) is 2.77. The topological polar surface area (TPSA) is 78.7 Å². The van der Waals surface area contributed by atoms with Crippen LogP contribution >= 0.6 is 0 Å². The Kier molecular flexibility index (Phi) is 6.77. The van der Waals surface area contributed by atoms with E-state index in [4.69, 9.17) is 9.47 Å². The fraction of sp³-hybridized carbons (Fsp3) is 0.125. The number of ether oxygens (including phenoxy) is 2. The van der Waals surface area contributed by atoms with Crippen molar-refractivity contribution in [3.8, 4) is 11.5 Å². The molecular weight excluding hydrogens is 401 g/mol. The average molecular weight is 421 g/mol. The highest BCUT2D eigenvalue weighted by Gasteiger charge is 2.16. The number of carbonyl (C=O) groups excluding carboxylic acids is 1. The monoisotopic (exact) mass is 421 g/mol. The van der Waals surface area contributed by atoms with Crippen molar-refractivity contribution in [2.75, 3.05) is 7.11 Å². The van der Waals surface area contributed by atoms with Gasteiger partial charge in [-0.3, -0.25) is 14.9 Å². The SMILES string of the molecule is COc1ccc(/C=C/C(=O)c2ccc(F)cc2)cc1COc1ccc(C)cc1[N+](=O)[O-]. The van der Waals surface area contributed by atoms with E-state index >= 15 is 0 Å². The Balaban J connectivity index is 1.79. The lowest BCUT2D eigenvalue weighted by Gasteiger charge is -2.12. The van der Waals surface area contributed by atoms with Crippen molar-refractivity contribution in [3.05, 3.63) is 105 Å². The van der Waals surface area contributed by atoms with Crippen LogP contribution in [0.3, 0.4) is 0 Å². The van der Waals surface area contributed by atoms with Crippen LogP contribution < -0.4 is 9.47 Å². The predicted octanol–water partition coefficient (Wildman–Crippen LogP) is 5.53. The molecule has 0 aliphatic heterocycles. The van der Waals surface area contributed by atoms with Crippen LogP contribution in [0.15, 0.2) is 66.7 Å². The van der Waals surface area contributed by atoms with Crippen LogP contribution in [0.1, 0.15) is 27.0 Å². The number of allylic oxidation sites excluding steroid dienone is 1. The molecule has 0 N–H and O–H groups in total. The van der Waals surface area contributed by atoms with Gasteiger partial charge in [-0.1, -0.05) is 18.2 Å². The highest BCUT2D eigenvalue weighted by Crippen LogP contribution is 2.30. The van der Waals surface area contributed by atoms with Crippen molar-refractivity contribution < 1.29 is 23.6 Å². The first-order valence-corrected chi connectivity index (χ1v) is 9.40. The molecule has 3 rings (SSSR count). The van der Waals surface area contributed by atoms with Crippen LogP contribution in [-0.4, -0.2) is 17.8 Å². The first kappa shape index (κ1) is 21.7. The van der Waals surface area contributed by atoms with Crippen molar-refractivity contribution >= 4 is 17.5 Å². The van der Waals surface area contributed by atoms with Gasteiger partial charge in [-0.2, -0.15) is 0 Å². The molecule has 0 saturated heterocycles. The standard InChI is InChI=1S/C24H20FNO5/c1-16-3-11-24(21(13-16)26(28)29)31-15-19-14-17(5-12-23(19)30-2)4-10-22(27)18-6-8-20(25)9-7-18/h3-14H,15H2,1-2H3/b10-4+. The molecule has 0 amide bonds. The second kappa shape index (κ2) is 9.67. The van der Waals surface area contributed by atoms with Gasteiger partial charge >= 0.3 is 5.69 Å². The molecule has 0 aliphatic rings. The van der Waals surface area contributed by atoms with E-state index in [0.29, 0.717) is 22.4 Å². The smallest absolute Gasteiger partial charge is 0.311 e. The van der Waals surface area contributed by atoms with Gasteiger partial charge in [-0.15, -0.1) is 0 Å². The van der Waals surface area contributed by atoms with Gasteiger partial charge in [0.2, 0.25) is 0 Å². The first-order chi connectivity index (χ1) is 14.9. The lowest BCUT2D eigenvalue weighted by Crippen LogP contribution is -2.02. The van der Waals surface area contributed by atoms with E-state index in [1.165, 1.54) is 43.5 Å². The summed E-state index contributed by atoms with van der Waals surface area (Å²) in [4.78, 5) is 23.1. The van der Waals surface area contributed by atoms with Crippen molar-refractivity contribution in [1.82, 2.24) is 0 Å². The second-order valence-electron chi connectivity index (χ2n) is 6.79. The molecule has 3 aromatic carbocycles. The van der Waals surface area contributed by atoms with Gasteiger partial charge in [0.25, 0.3) is 0 Å². The van der Waals surface area contributed by atoms with Crippen LogP contribution in [0.4, 0.5) is 10.1 Å². The maximum Gasteiger partial charge on any atom is 0.311 e. The van der Waals surface area contributed by atoms with Crippen LogP contribution in [0.5, 0.6) is 11.5 Å². The second-order valence-corrected chi connectivity index (χ2v) is 6.79. The van der Waals surface area contributed by atoms with E-state index in [1.807, 2.05) is 0 Å². The molecule has 0 radical (unpaired) electrons. The molecule has 0 bridgehead atoms. The molecule has 158 valence electrons. The van der Waals surface area contributed by atoms with E-state index in [9.17, 15) is 19.3 Å². The number of carbonyl (C=O) groups is 1. The number of aryl methyl sites for hydroxylation is 1. The van der Waals surface area contributed by atoms with Gasteiger partial charge in [-0.05, 0) is 66.6 Å². The fourth-order valence-electron chi connectivity index (χ4n) is 2.94. The van der Waals surface area contributed by atoms with Crippen LogP contribution in [0.2, 0.25) is 0 Å². The van der Waals surface area contributed by atoms with Crippen molar-refractivity contribution in [3.63, 3.8) is 0 Å². The van der Waals surface area contributed by atoms with E-state index in [1.54, 1.807) is 43.3 Å². The molecule has 0 aliphatic carbocycles. The molecule has 7 heteroatoms. The summed E-state index contributed by atoms with van der Waals surface area (Å²) in [7, 11) is 1.51. The Hall–Kier alpha value is -4.00. The number of nitro groups is 1. The molecule has 0 spiro atoms. The van der Waals surface area contributed by atoms with Crippen molar-refractivity contribution in [1.29, 1.82) is 0 Å². The summed E-state index contributed by atoms with van der Waals surface area (Å²) in [6.45, 7) is 1.81. The van der Waals surface area contributed by atoms with Crippen LogP contribution in [-0.2, 0) is 6.61 Å². The summed E-state index contributed by atoms with van der Waals surface area (Å²) < 4.78 is 24.1. The van der Waals surface area contributed by atoms with E-state index in [0.717, 1.165) is 5.56 Å². The normalized spacial score (nSPS) is 10.8. The van der Waals surface area contributed by atoms with Gasteiger partial charge in [-0.25, -0.2) is 4.39 Å². The number of benzene rings is 3. The molecular formula is C24H20FNO5. The number of hydrogen-bond acceptors (Lipinski definition) is 5. The predicted molar refractivity (Wildman–Crippen MR) is 115 cm³/mol. The number of nitro benzene ring substituents is 1. The Morgan fingerprint density at radius 1 is 1.06 bits per heavy atom. The molecule has 0 aromatic heterocycles. The zero-order valence-corrected chi connectivity index (χ0v) is 17.0. The lowest BCUT2D eigenvalue weighted by molar-refractivity contribution is -0.386. The Bertz CT molecular complexity index is 1140. The summed E-state index contributed by atoms with van der Waals surface area (Å²) in [6, 6.07) is 15.3. The molecule has 3 aromatic rings. The Morgan fingerprint density at radius 3 is 2.45 bits per heavy atom. The Morgan fingerprint density at radius 2 is 1.77 bits per heavy atom. The maximum atomic E-state index is 13.0. The molecule has 0 unspecified atom stereocenters. The van der Waals surface area contributed by atoms with E-state index in [-0.39, 0.29) is 23.8 Å². The molecule has 0 saturated carbocycles. The largest absolute Gasteiger partial charge is 0.496 e. The van der Waals surface area contributed by atoms with Gasteiger partial charge in [0.1, 0.15) is 18.2 Å². The minimum absolute atomic E-state index is 0.0423. The van der Waals surface area contributed by atoms with E-state index in [2.05, 4.69) is 0 Å². The maximum absolute atomic E-state index is 13.0. The van der Waals surface area contributed by atoms with Crippen LogP contribution in [0.25, 0.3) is 6.08 Å². The molecule has 0 heterocycles. The molecule has 6 nitrogen and oxygen atoms in total. The minimum atomic E-state index is -0.486. The highest BCUT2D eigenvalue weighted by molar-refractivity contribution is 6.06. The number of ketones is 1. The van der Waals surface area contributed by atoms with Crippen molar-refractivity contribution in [2.24, 2.45) is 0 Å². The quantitative estimate of drug-likeness (QED) is 0.207. The third-order valence-electron chi connectivity index (χ3n) is 4.55. The summed E-state index contributed by atoms with van der Waals surface area (Å²) in [5.74, 6) is 0.0416. The fourth-order valence-corrected chi connectivity index (χ4v) is 2.94. The van der Waals surface area contributed by atoms with Gasteiger partial charge < -0.3 is 9.47 Å². The summed E-state index contributed by atoms with van der Waals surface area (Å²) >= 11 is 0. The number of hydrogen-bond donors (Lipinski definition) is 0. The van der Waals surface area contributed by atoms with Gasteiger partial charge in [0.05, 0.1) is 12.0 Å². The zero-order valence-electron chi connectivity index (χ0n) is 17.0. The number of halogens is 1. The third kappa shape index (κ3) is 5.54. The third-order valence-corrected chi connectivity index (χ3v) is 4.55. The summed E-state index contributed by atoms with van der Waals surface area (Å²) in [5.41, 5.74) is 2.40. The zero-order chi connectivity index (χ0) is 22.4. The number of methoxy groups -OCH3 is 1. The number of nitrogens with zero attached hydrogens (tertiary/aromatic N) is 1. The van der Waals surface area contributed by atoms with Crippen molar-refractivity contribution in [2.45, 2.75) is 13.5 Å². The van der Waals surface area contributed by atoms with Gasteiger partial charge in [0.15, 0.2) is 11.5 Å². The van der Waals surface area contributed by atoms with E-state index < -0.39 is 10.7 Å². The first-order valence-electron chi connectivity index (χ1n) is 9.40. The minimum Gasteiger partial charge on any atom is -0.496 e. The number of rotatable bonds is 8. The Labute approximate surface area is 178 Å². The summed E-state index contributed by atoms with van der Waals surface area (Å²) in [5, 5.41) is 11.3. The molecule has 31 heavy (non-hydrogen) atoms. The molecule has 0 fully saturated rings. The lowest BCUT2D eigenvalue weighted by atomic mass is 10.1. The van der Waals surface area contributed by atoms with Crippen LogP contribution in [0, 0.1) is 22.9 Å². The van der Waals surface area contributed by atoms with Gasteiger partial charge in [0, 0.05) is 17.2 Å². The highest BCUT2D eigenvalue weighted by atomic mass is 19.1. The summed E-state index contributed by atoms with van der Waals surface area (Å²) in [6.07, 6.45) is 3.02.